The highest BCUT2D eigenvalue weighted by Gasteiger charge is 2.20. The predicted octanol–water partition coefficient (Wildman–Crippen LogP) is 4.37. The van der Waals surface area contributed by atoms with Crippen LogP contribution in [0.1, 0.15) is 59.8 Å². The third-order valence-electron chi connectivity index (χ3n) is 3.85. The Kier molecular flexibility index (Phi) is 4.76. The van der Waals surface area contributed by atoms with Crippen LogP contribution in [-0.4, -0.2) is 6.29 Å². The molecule has 1 fully saturated rings. The van der Waals surface area contributed by atoms with Crippen molar-refractivity contribution in [3.05, 3.63) is 11.6 Å². The van der Waals surface area contributed by atoms with Crippen molar-refractivity contribution in [2.24, 2.45) is 17.3 Å². The molecule has 0 amide bonds. The lowest BCUT2D eigenvalue weighted by Gasteiger charge is -2.27. The zero-order chi connectivity index (χ0) is 12.2. The highest BCUT2D eigenvalue weighted by atomic mass is 16.1. The van der Waals surface area contributed by atoms with Crippen molar-refractivity contribution in [3.8, 4) is 0 Å². The molecule has 1 rings (SSSR count). The summed E-state index contributed by atoms with van der Waals surface area (Å²) in [4.78, 5) is 10.8. The Hall–Kier alpha value is -0.590. The predicted molar refractivity (Wildman–Crippen MR) is 69.3 cm³/mol. The molecule has 0 aromatic heterocycles. The van der Waals surface area contributed by atoms with Crippen LogP contribution in [-0.2, 0) is 4.79 Å². The molecule has 1 aliphatic rings. The van der Waals surface area contributed by atoms with Crippen LogP contribution in [0.5, 0.6) is 0 Å². The molecule has 0 saturated heterocycles. The van der Waals surface area contributed by atoms with E-state index in [-0.39, 0.29) is 5.41 Å². The summed E-state index contributed by atoms with van der Waals surface area (Å²) in [6.45, 7) is 8.68. The number of rotatable bonds is 4. The highest BCUT2D eigenvalue weighted by Crippen LogP contribution is 2.33. The molecular formula is C15H26O. The molecule has 0 heterocycles. The van der Waals surface area contributed by atoms with Gasteiger partial charge < -0.3 is 4.79 Å². The molecule has 0 aliphatic heterocycles. The first-order valence-corrected chi connectivity index (χ1v) is 6.59. The molecule has 16 heavy (non-hydrogen) atoms. The fourth-order valence-corrected chi connectivity index (χ4v) is 2.34. The molecule has 0 aromatic rings. The van der Waals surface area contributed by atoms with Gasteiger partial charge in [-0.1, -0.05) is 39.3 Å². The van der Waals surface area contributed by atoms with Crippen LogP contribution in [0.4, 0.5) is 0 Å². The minimum Gasteiger partial charge on any atom is -0.303 e. The number of aldehydes is 1. The molecule has 1 aliphatic carbocycles. The van der Waals surface area contributed by atoms with Gasteiger partial charge in [-0.3, -0.25) is 0 Å². The Morgan fingerprint density at radius 1 is 1.31 bits per heavy atom. The summed E-state index contributed by atoms with van der Waals surface area (Å²) in [6.07, 6.45) is 9.46. The van der Waals surface area contributed by atoms with Gasteiger partial charge in [0.1, 0.15) is 6.29 Å². The average molecular weight is 222 g/mol. The summed E-state index contributed by atoms with van der Waals surface area (Å²) >= 11 is 0. The molecule has 0 spiro atoms. The van der Waals surface area contributed by atoms with E-state index in [0.29, 0.717) is 0 Å². The second-order valence-electron chi connectivity index (χ2n) is 6.25. The van der Waals surface area contributed by atoms with Crippen molar-refractivity contribution in [2.45, 2.75) is 59.8 Å². The number of allylic oxidation sites excluding steroid dienone is 2. The monoisotopic (exact) mass is 222 g/mol. The molecule has 1 nitrogen and oxygen atoms in total. The second kappa shape index (κ2) is 5.65. The lowest BCUT2D eigenvalue weighted by molar-refractivity contribution is -0.114. The van der Waals surface area contributed by atoms with E-state index in [1.54, 1.807) is 5.57 Å². The van der Waals surface area contributed by atoms with E-state index in [1.165, 1.54) is 25.7 Å². The summed E-state index contributed by atoms with van der Waals surface area (Å²) in [5, 5.41) is 0. The minimum absolute atomic E-state index is 0.179. The van der Waals surface area contributed by atoms with E-state index < -0.39 is 0 Å². The van der Waals surface area contributed by atoms with Crippen LogP contribution >= 0.6 is 0 Å². The van der Waals surface area contributed by atoms with Gasteiger partial charge >= 0.3 is 0 Å². The van der Waals surface area contributed by atoms with E-state index in [1.807, 2.05) is 13.8 Å². The summed E-state index contributed by atoms with van der Waals surface area (Å²) in [5.41, 5.74) is 1.40. The fourth-order valence-electron chi connectivity index (χ4n) is 2.34. The van der Waals surface area contributed by atoms with Crippen LogP contribution in [0.15, 0.2) is 11.6 Å². The standard InChI is InChI=1S/C15H26O/c1-12(2)14-7-5-13(6-8-14)9-10-15(3,4)11-16/h9,11-12,14H,5-8,10H2,1-4H3. The van der Waals surface area contributed by atoms with Gasteiger partial charge in [0.25, 0.3) is 0 Å². The molecular weight excluding hydrogens is 196 g/mol. The maximum absolute atomic E-state index is 10.8. The normalized spacial score (nSPS) is 22.3. The van der Waals surface area contributed by atoms with Gasteiger partial charge in [0.15, 0.2) is 0 Å². The van der Waals surface area contributed by atoms with Crippen LogP contribution in [0.3, 0.4) is 0 Å². The molecule has 92 valence electrons. The third-order valence-corrected chi connectivity index (χ3v) is 3.85. The Balaban J connectivity index is 2.42. The minimum atomic E-state index is -0.179. The van der Waals surface area contributed by atoms with E-state index in [4.69, 9.17) is 0 Å². The first-order valence-electron chi connectivity index (χ1n) is 6.59. The molecule has 1 heteroatoms. The van der Waals surface area contributed by atoms with E-state index in [9.17, 15) is 4.79 Å². The first-order chi connectivity index (χ1) is 7.44. The molecule has 0 aromatic carbocycles. The number of carbonyl (C=O) groups excluding carboxylic acids is 1. The van der Waals surface area contributed by atoms with Gasteiger partial charge in [0.2, 0.25) is 0 Å². The van der Waals surface area contributed by atoms with Crippen LogP contribution in [0, 0.1) is 17.3 Å². The average Bonchev–Trinajstić information content (AvgIpc) is 2.27. The summed E-state index contributed by atoms with van der Waals surface area (Å²) < 4.78 is 0. The van der Waals surface area contributed by atoms with Crippen molar-refractivity contribution in [3.63, 3.8) is 0 Å². The molecule has 0 unspecified atom stereocenters. The zero-order valence-electron chi connectivity index (χ0n) is 11.3. The van der Waals surface area contributed by atoms with Gasteiger partial charge in [-0.05, 0) is 43.9 Å². The Morgan fingerprint density at radius 2 is 1.88 bits per heavy atom. The number of carbonyl (C=O) groups is 1. The lowest BCUT2D eigenvalue weighted by Crippen LogP contribution is -2.15. The maximum Gasteiger partial charge on any atom is 0.125 e. The van der Waals surface area contributed by atoms with Gasteiger partial charge in [-0.15, -0.1) is 0 Å². The quantitative estimate of drug-likeness (QED) is 0.510. The van der Waals surface area contributed by atoms with Gasteiger partial charge in [-0.25, -0.2) is 0 Å². The second-order valence-corrected chi connectivity index (χ2v) is 6.25. The van der Waals surface area contributed by atoms with Crippen molar-refractivity contribution in [1.29, 1.82) is 0 Å². The van der Waals surface area contributed by atoms with E-state index in [0.717, 1.165) is 24.5 Å². The Bertz CT molecular complexity index is 251. The van der Waals surface area contributed by atoms with Gasteiger partial charge in [0.05, 0.1) is 0 Å². The summed E-state index contributed by atoms with van der Waals surface area (Å²) in [5.74, 6) is 1.74. The maximum atomic E-state index is 10.8. The smallest absolute Gasteiger partial charge is 0.125 e. The van der Waals surface area contributed by atoms with Crippen LogP contribution in [0.25, 0.3) is 0 Å². The largest absolute Gasteiger partial charge is 0.303 e. The Labute approximate surface area is 100 Å². The molecule has 0 bridgehead atoms. The lowest BCUT2D eigenvalue weighted by atomic mass is 9.78. The number of hydrogen-bond acceptors (Lipinski definition) is 1. The van der Waals surface area contributed by atoms with Crippen LogP contribution in [0.2, 0.25) is 0 Å². The van der Waals surface area contributed by atoms with Crippen LogP contribution < -0.4 is 0 Å². The van der Waals surface area contributed by atoms with Crippen molar-refractivity contribution in [1.82, 2.24) is 0 Å². The summed E-state index contributed by atoms with van der Waals surface area (Å²) in [7, 11) is 0. The molecule has 0 atom stereocenters. The fraction of sp³-hybridized carbons (Fsp3) is 0.800. The third kappa shape index (κ3) is 4.11. The first kappa shape index (κ1) is 13.5. The molecule has 0 N–H and O–H groups in total. The van der Waals surface area contributed by atoms with Crippen molar-refractivity contribution in [2.75, 3.05) is 0 Å². The summed E-state index contributed by atoms with van der Waals surface area (Å²) in [6, 6.07) is 0. The van der Waals surface area contributed by atoms with Gasteiger partial charge in [-0.2, -0.15) is 0 Å². The topological polar surface area (TPSA) is 17.1 Å². The van der Waals surface area contributed by atoms with Crippen molar-refractivity contribution >= 4 is 6.29 Å². The van der Waals surface area contributed by atoms with Crippen molar-refractivity contribution < 1.29 is 4.79 Å². The van der Waals surface area contributed by atoms with E-state index in [2.05, 4.69) is 19.9 Å². The number of hydrogen-bond donors (Lipinski definition) is 0. The SMILES string of the molecule is CC(C)C1CCC(=CCC(C)(C)C=O)CC1. The van der Waals surface area contributed by atoms with Gasteiger partial charge in [0, 0.05) is 5.41 Å². The zero-order valence-corrected chi connectivity index (χ0v) is 11.3. The molecule has 0 radical (unpaired) electrons. The Morgan fingerprint density at radius 3 is 2.31 bits per heavy atom. The highest BCUT2D eigenvalue weighted by molar-refractivity contribution is 5.58. The van der Waals surface area contributed by atoms with E-state index >= 15 is 0 Å². The molecule has 1 saturated carbocycles.